The maximum absolute atomic E-state index is 12.6. The van der Waals surface area contributed by atoms with Crippen molar-refractivity contribution in [2.75, 3.05) is 19.0 Å². The Kier molecular flexibility index (Phi) is 5.89. The highest BCUT2D eigenvalue weighted by Gasteiger charge is 2.29. The van der Waals surface area contributed by atoms with Gasteiger partial charge in [0, 0.05) is 5.92 Å². The highest BCUT2D eigenvalue weighted by molar-refractivity contribution is 9.10. The molecule has 0 fully saturated rings. The van der Waals surface area contributed by atoms with Crippen LogP contribution in [0.15, 0.2) is 59.1 Å². The van der Waals surface area contributed by atoms with Gasteiger partial charge in [-0.3, -0.25) is 5.32 Å². The van der Waals surface area contributed by atoms with Gasteiger partial charge in [-0.05, 0) is 44.3 Å². The Morgan fingerprint density at radius 1 is 1.10 bits per heavy atom. The van der Waals surface area contributed by atoms with Gasteiger partial charge in [-0.25, -0.2) is 9.59 Å². The van der Waals surface area contributed by atoms with E-state index in [9.17, 15) is 14.7 Å². The van der Waals surface area contributed by atoms with Crippen molar-refractivity contribution >= 4 is 45.3 Å². The van der Waals surface area contributed by atoms with Crippen LogP contribution in [0, 0.1) is 0 Å². The molecule has 0 aliphatic heterocycles. The molecule has 1 aliphatic carbocycles. The Morgan fingerprint density at radius 2 is 1.68 bits per heavy atom. The average molecular weight is 503 g/mol. The van der Waals surface area contributed by atoms with Crippen molar-refractivity contribution in [2.45, 2.75) is 5.92 Å². The smallest absolute Gasteiger partial charge is 0.411 e. The Labute approximate surface area is 191 Å². The molecule has 0 aromatic heterocycles. The van der Waals surface area contributed by atoms with Crippen molar-refractivity contribution in [3.63, 3.8) is 0 Å². The topological polar surface area (TPSA) is 84.9 Å². The standard InChI is InChI=1S/C23H17BrClNO5/c1-30-21-19(24)18(25)10-16(22(27)28)20(21)26-23(29)31-11-17-14-8-4-2-6-12(14)13-7-3-5-9-15(13)17/h2-10,17H,11H2,1H3,(H,26,29)(H,27,28). The summed E-state index contributed by atoms with van der Waals surface area (Å²) in [5, 5.41) is 12.2. The van der Waals surface area contributed by atoms with E-state index in [1.807, 2.05) is 48.5 Å². The number of fused-ring (bicyclic) bond motifs is 3. The van der Waals surface area contributed by atoms with E-state index in [2.05, 4.69) is 21.2 Å². The second-order valence-corrected chi connectivity index (χ2v) is 8.08. The number of carboxylic acids is 1. The normalized spacial score (nSPS) is 12.1. The van der Waals surface area contributed by atoms with E-state index in [1.165, 1.54) is 13.2 Å². The van der Waals surface area contributed by atoms with Crippen LogP contribution in [-0.2, 0) is 4.74 Å². The van der Waals surface area contributed by atoms with Crippen molar-refractivity contribution in [3.8, 4) is 16.9 Å². The van der Waals surface area contributed by atoms with Crippen molar-refractivity contribution in [2.24, 2.45) is 0 Å². The first-order valence-corrected chi connectivity index (χ1v) is 10.5. The number of carbonyl (C=O) groups is 2. The number of hydrogen-bond donors (Lipinski definition) is 2. The zero-order valence-corrected chi connectivity index (χ0v) is 18.7. The van der Waals surface area contributed by atoms with Gasteiger partial charge in [0.1, 0.15) is 12.3 Å². The lowest BCUT2D eigenvalue weighted by atomic mass is 9.98. The number of anilines is 1. The minimum atomic E-state index is -1.26. The molecule has 158 valence electrons. The number of hydrogen-bond acceptors (Lipinski definition) is 4. The average Bonchev–Trinajstić information content (AvgIpc) is 3.08. The lowest BCUT2D eigenvalue weighted by Gasteiger charge is -2.17. The summed E-state index contributed by atoms with van der Waals surface area (Å²) in [4.78, 5) is 24.3. The molecule has 1 amide bonds. The third-order valence-corrected chi connectivity index (χ3v) is 6.50. The van der Waals surface area contributed by atoms with Gasteiger partial charge in [-0.15, -0.1) is 0 Å². The SMILES string of the molecule is COc1c(Br)c(Cl)cc(C(=O)O)c1NC(=O)OCC1c2ccccc2-c2ccccc21. The monoisotopic (exact) mass is 501 g/mol. The van der Waals surface area contributed by atoms with Gasteiger partial charge in [0.25, 0.3) is 0 Å². The molecule has 2 N–H and O–H groups in total. The number of carbonyl (C=O) groups excluding carboxylic acids is 1. The van der Waals surface area contributed by atoms with Crippen LogP contribution in [0.4, 0.5) is 10.5 Å². The molecule has 6 nitrogen and oxygen atoms in total. The van der Waals surface area contributed by atoms with Gasteiger partial charge < -0.3 is 14.6 Å². The van der Waals surface area contributed by atoms with E-state index in [0.29, 0.717) is 4.47 Å². The molecule has 0 bridgehead atoms. The molecule has 4 rings (SSSR count). The molecule has 31 heavy (non-hydrogen) atoms. The molecule has 3 aromatic rings. The Balaban J connectivity index is 1.58. The third kappa shape index (κ3) is 3.86. The van der Waals surface area contributed by atoms with Gasteiger partial charge in [-0.1, -0.05) is 60.1 Å². The summed E-state index contributed by atoms with van der Waals surface area (Å²) in [5.41, 5.74) is 4.14. The predicted molar refractivity (Wildman–Crippen MR) is 121 cm³/mol. The molecular weight excluding hydrogens is 486 g/mol. The first kappa shape index (κ1) is 21.2. The summed E-state index contributed by atoms with van der Waals surface area (Å²) in [6.07, 6.45) is -0.795. The molecule has 3 aromatic carbocycles. The van der Waals surface area contributed by atoms with Crippen LogP contribution in [0.25, 0.3) is 11.1 Å². The molecule has 0 radical (unpaired) electrons. The first-order chi connectivity index (χ1) is 14.9. The second-order valence-electron chi connectivity index (χ2n) is 6.88. The number of halogens is 2. The fraction of sp³-hybridized carbons (Fsp3) is 0.130. The lowest BCUT2D eigenvalue weighted by Crippen LogP contribution is -2.20. The molecule has 8 heteroatoms. The summed E-state index contributed by atoms with van der Waals surface area (Å²) >= 11 is 9.31. The molecule has 0 saturated heterocycles. The van der Waals surface area contributed by atoms with Crippen LogP contribution in [-0.4, -0.2) is 30.9 Å². The number of methoxy groups -OCH3 is 1. The third-order valence-electron chi connectivity index (χ3n) is 5.18. The first-order valence-electron chi connectivity index (χ1n) is 9.33. The van der Waals surface area contributed by atoms with Crippen LogP contribution in [0.3, 0.4) is 0 Å². The van der Waals surface area contributed by atoms with E-state index in [1.54, 1.807) is 0 Å². The fourth-order valence-electron chi connectivity index (χ4n) is 3.82. The van der Waals surface area contributed by atoms with E-state index in [4.69, 9.17) is 21.1 Å². The summed E-state index contributed by atoms with van der Waals surface area (Å²) in [6.45, 7) is 0.0966. The number of benzene rings is 3. The van der Waals surface area contributed by atoms with Gasteiger partial charge in [-0.2, -0.15) is 0 Å². The zero-order chi connectivity index (χ0) is 22.1. The maximum Gasteiger partial charge on any atom is 0.411 e. The summed E-state index contributed by atoms with van der Waals surface area (Å²) in [6, 6.07) is 17.2. The minimum absolute atomic E-state index is 0.0384. The van der Waals surface area contributed by atoms with E-state index in [0.717, 1.165) is 22.3 Å². The van der Waals surface area contributed by atoms with Crippen LogP contribution in [0.1, 0.15) is 27.4 Å². The molecule has 0 unspecified atom stereocenters. The minimum Gasteiger partial charge on any atom is -0.493 e. The second kappa shape index (κ2) is 8.61. The van der Waals surface area contributed by atoms with E-state index < -0.39 is 12.1 Å². The lowest BCUT2D eigenvalue weighted by molar-refractivity contribution is 0.0697. The Bertz CT molecular complexity index is 1150. The van der Waals surface area contributed by atoms with Crippen molar-refractivity contribution in [1.82, 2.24) is 0 Å². The van der Waals surface area contributed by atoms with Gasteiger partial charge in [0.05, 0.1) is 22.2 Å². The predicted octanol–water partition coefficient (Wildman–Crippen LogP) is 6.17. The number of aromatic carboxylic acids is 1. The zero-order valence-electron chi connectivity index (χ0n) is 16.3. The largest absolute Gasteiger partial charge is 0.493 e. The summed E-state index contributed by atoms with van der Waals surface area (Å²) in [5.74, 6) is -1.28. The van der Waals surface area contributed by atoms with Gasteiger partial charge in [0.15, 0.2) is 5.75 Å². The van der Waals surface area contributed by atoms with Crippen LogP contribution < -0.4 is 10.1 Å². The van der Waals surface area contributed by atoms with Gasteiger partial charge in [0.2, 0.25) is 0 Å². The van der Waals surface area contributed by atoms with Crippen LogP contribution >= 0.6 is 27.5 Å². The van der Waals surface area contributed by atoms with E-state index >= 15 is 0 Å². The molecule has 0 spiro atoms. The highest BCUT2D eigenvalue weighted by atomic mass is 79.9. The molecule has 1 aliphatic rings. The van der Waals surface area contributed by atoms with Crippen molar-refractivity contribution < 1.29 is 24.2 Å². The number of amides is 1. The Morgan fingerprint density at radius 3 is 2.23 bits per heavy atom. The molecule has 0 atom stereocenters. The molecular formula is C23H17BrClNO5. The molecule has 0 saturated carbocycles. The van der Waals surface area contributed by atoms with Crippen molar-refractivity contribution in [3.05, 3.63) is 80.8 Å². The number of carboxylic acid groups (broad SMARTS) is 1. The van der Waals surface area contributed by atoms with E-state index in [-0.39, 0.29) is 34.5 Å². The number of rotatable bonds is 5. The molecule has 0 heterocycles. The quantitative estimate of drug-likeness (QED) is 0.436. The number of nitrogens with one attached hydrogen (secondary N) is 1. The maximum atomic E-state index is 12.6. The van der Waals surface area contributed by atoms with Crippen LogP contribution in [0.2, 0.25) is 5.02 Å². The van der Waals surface area contributed by atoms with Crippen molar-refractivity contribution in [1.29, 1.82) is 0 Å². The van der Waals surface area contributed by atoms with Gasteiger partial charge >= 0.3 is 12.1 Å². The summed E-state index contributed by atoms with van der Waals surface area (Å²) < 4.78 is 11.1. The number of ether oxygens (including phenoxy) is 2. The van der Waals surface area contributed by atoms with Crippen LogP contribution in [0.5, 0.6) is 5.75 Å². The fourth-order valence-corrected chi connectivity index (χ4v) is 4.49. The highest BCUT2D eigenvalue weighted by Crippen LogP contribution is 2.45. The summed E-state index contributed by atoms with van der Waals surface area (Å²) in [7, 11) is 1.35. The Hall–Kier alpha value is -3.03.